The van der Waals surface area contributed by atoms with Gasteiger partial charge in [-0.15, -0.1) is 0 Å². The highest BCUT2D eigenvalue weighted by atomic mass is 31.2. The van der Waals surface area contributed by atoms with Gasteiger partial charge in [0, 0.05) is 6.42 Å². The van der Waals surface area contributed by atoms with Gasteiger partial charge in [-0.2, -0.15) is 0 Å². The lowest BCUT2D eigenvalue weighted by Gasteiger charge is -2.25. The van der Waals surface area contributed by atoms with Gasteiger partial charge in [0.25, 0.3) is 0 Å². The highest BCUT2D eigenvalue weighted by molar-refractivity contribution is 7.47. The maximum Gasteiger partial charge on any atom is 0.472 e. The Morgan fingerprint density at radius 1 is 0.508 bits per heavy atom. The first kappa shape index (κ1) is 64.2. The molecule has 8 nitrogen and oxygen atoms in total. The third kappa shape index (κ3) is 50.9. The van der Waals surface area contributed by atoms with Crippen molar-refractivity contribution in [3.05, 3.63) is 12.2 Å². The van der Waals surface area contributed by atoms with Crippen molar-refractivity contribution in [1.82, 2.24) is 5.32 Å². The number of phosphoric acid groups is 1. The molecule has 0 heterocycles. The van der Waals surface area contributed by atoms with Gasteiger partial charge in [-0.1, -0.05) is 276 Å². The zero-order valence-electron chi connectivity index (χ0n) is 44.3. The van der Waals surface area contributed by atoms with Crippen LogP contribution in [-0.2, 0) is 18.4 Å². The number of quaternary nitrogens is 1. The van der Waals surface area contributed by atoms with Crippen LogP contribution in [0, 0.1) is 0 Å². The van der Waals surface area contributed by atoms with Gasteiger partial charge in [0.05, 0.1) is 39.9 Å². The lowest BCUT2D eigenvalue weighted by atomic mass is 10.0. The molecular weight excluding hydrogens is 828 g/mol. The Morgan fingerprint density at radius 2 is 0.815 bits per heavy atom. The summed E-state index contributed by atoms with van der Waals surface area (Å²) in [4.78, 5) is 23.2. The number of nitrogens with one attached hydrogen (secondary N) is 1. The first-order valence-corrected chi connectivity index (χ1v) is 30.1. The Balaban J connectivity index is 4.06. The van der Waals surface area contributed by atoms with Gasteiger partial charge in [-0.3, -0.25) is 13.8 Å². The molecule has 0 saturated heterocycles. The van der Waals surface area contributed by atoms with Gasteiger partial charge in [0.1, 0.15) is 13.2 Å². The molecule has 65 heavy (non-hydrogen) atoms. The second-order valence-corrected chi connectivity index (χ2v) is 22.5. The number of likely N-dealkylation sites (N-methyl/N-ethyl adjacent to an activating group) is 1. The molecule has 3 atom stereocenters. The number of allylic oxidation sites excluding steroid dienone is 1. The molecule has 3 N–H and O–H groups in total. The van der Waals surface area contributed by atoms with Crippen molar-refractivity contribution in [2.24, 2.45) is 0 Å². The van der Waals surface area contributed by atoms with Gasteiger partial charge >= 0.3 is 7.82 Å². The zero-order valence-corrected chi connectivity index (χ0v) is 45.2. The van der Waals surface area contributed by atoms with E-state index >= 15 is 0 Å². The second kappa shape index (κ2) is 48.3. The predicted octanol–water partition coefficient (Wildman–Crippen LogP) is 17.0. The fraction of sp³-hybridized carbons (Fsp3) is 0.946. The molecule has 9 heteroatoms. The molecular formula is C56H114N2O6P+. The van der Waals surface area contributed by atoms with E-state index in [-0.39, 0.29) is 19.1 Å². The SMILES string of the molecule is CCCCCCCCCCCCCCCCCCCCCCCCCCCCCC/C=C/C(O)C(COP(=O)(O)OCC[N+](C)(C)C)NC(=O)CCCCCCCCCCCCCCC. The van der Waals surface area contributed by atoms with E-state index < -0.39 is 20.0 Å². The number of nitrogens with zero attached hydrogens (tertiary/aromatic N) is 1. The summed E-state index contributed by atoms with van der Waals surface area (Å²) >= 11 is 0. The number of hydrogen-bond donors (Lipinski definition) is 3. The van der Waals surface area contributed by atoms with E-state index in [2.05, 4.69) is 19.2 Å². The minimum absolute atomic E-state index is 0.0650. The molecule has 0 aliphatic heterocycles. The summed E-state index contributed by atoms with van der Waals surface area (Å²) in [5.74, 6) is -0.173. The van der Waals surface area contributed by atoms with E-state index in [1.54, 1.807) is 6.08 Å². The van der Waals surface area contributed by atoms with Crippen LogP contribution in [0.1, 0.15) is 290 Å². The Hall–Kier alpha value is -0.760. The Morgan fingerprint density at radius 3 is 1.14 bits per heavy atom. The number of unbranched alkanes of at least 4 members (excludes halogenated alkanes) is 40. The lowest BCUT2D eigenvalue weighted by Crippen LogP contribution is -2.45. The molecule has 0 aliphatic rings. The molecule has 0 saturated carbocycles. The van der Waals surface area contributed by atoms with Crippen LogP contribution >= 0.6 is 7.82 Å². The maximum atomic E-state index is 12.9. The van der Waals surface area contributed by atoms with Crippen LogP contribution < -0.4 is 5.32 Å². The Kier molecular flexibility index (Phi) is 47.7. The number of hydrogen-bond acceptors (Lipinski definition) is 5. The van der Waals surface area contributed by atoms with Gasteiger partial charge in [-0.05, 0) is 19.3 Å². The number of carbonyl (C=O) groups is 1. The fourth-order valence-electron chi connectivity index (χ4n) is 8.75. The van der Waals surface area contributed by atoms with Crippen molar-refractivity contribution in [3.8, 4) is 0 Å². The topological polar surface area (TPSA) is 105 Å². The number of carbonyl (C=O) groups excluding carboxylic acids is 1. The number of aliphatic hydroxyl groups is 1. The minimum atomic E-state index is -4.34. The van der Waals surface area contributed by atoms with Crippen LogP contribution in [0.25, 0.3) is 0 Å². The summed E-state index contributed by atoms with van der Waals surface area (Å²) in [6, 6.07) is -0.841. The Bertz CT molecular complexity index is 1070. The molecule has 388 valence electrons. The molecule has 0 aromatic carbocycles. The van der Waals surface area contributed by atoms with E-state index in [9.17, 15) is 19.4 Å². The van der Waals surface area contributed by atoms with E-state index in [4.69, 9.17) is 9.05 Å². The molecule has 0 aliphatic carbocycles. The third-order valence-corrected chi connectivity index (χ3v) is 14.2. The van der Waals surface area contributed by atoms with E-state index in [1.165, 1.54) is 238 Å². The summed E-state index contributed by atoms with van der Waals surface area (Å²) < 4.78 is 23.7. The Labute approximate surface area is 405 Å². The monoisotopic (exact) mass is 942 g/mol. The van der Waals surface area contributed by atoms with E-state index in [0.717, 1.165) is 32.1 Å². The summed E-state index contributed by atoms with van der Waals surface area (Å²) in [6.07, 6.45) is 58.9. The van der Waals surface area contributed by atoms with Crippen molar-refractivity contribution in [2.75, 3.05) is 40.9 Å². The van der Waals surface area contributed by atoms with Gasteiger partial charge in [0.2, 0.25) is 5.91 Å². The number of phosphoric ester groups is 1. The number of aliphatic hydroxyl groups excluding tert-OH is 1. The molecule has 0 aromatic rings. The zero-order chi connectivity index (χ0) is 47.8. The second-order valence-electron chi connectivity index (χ2n) is 21.0. The lowest BCUT2D eigenvalue weighted by molar-refractivity contribution is -0.870. The molecule has 0 rings (SSSR count). The van der Waals surface area contributed by atoms with Crippen LogP contribution in [0.3, 0.4) is 0 Å². The molecule has 0 fully saturated rings. The van der Waals surface area contributed by atoms with Crippen LogP contribution in [0.2, 0.25) is 0 Å². The van der Waals surface area contributed by atoms with Crippen molar-refractivity contribution in [3.63, 3.8) is 0 Å². The van der Waals surface area contributed by atoms with Crippen LogP contribution in [0.15, 0.2) is 12.2 Å². The van der Waals surface area contributed by atoms with Crippen LogP contribution in [0.5, 0.6) is 0 Å². The standard InChI is InChI=1S/C56H113N2O6P/c1-6-8-10-12-14-16-18-20-21-22-23-24-25-26-27-28-29-30-31-32-33-34-35-36-38-39-41-43-45-47-49-55(59)54(53-64-65(61,62)63-52-51-58(3,4)5)57-56(60)50-48-46-44-42-40-37-19-17-15-13-11-9-7-2/h47,49,54-55,59H,6-46,48,50-53H2,1-5H3,(H-,57,60,61,62)/p+1/b49-47+. The summed E-state index contributed by atoms with van der Waals surface area (Å²) in [7, 11) is 1.59. The van der Waals surface area contributed by atoms with Crippen LogP contribution in [0.4, 0.5) is 0 Å². The molecule has 0 radical (unpaired) electrons. The van der Waals surface area contributed by atoms with Gasteiger partial charge in [-0.25, -0.2) is 4.57 Å². The van der Waals surface area contributed by atoms with Gasteiger partial charge in [0.15, 0.2) is 0 Å². The van der Waals surface area contributed by atoms with E-state index in [0.29, 0.717) is 17.4 Å². The molecule has 0 aromatic heterocycles. The van der Waals surface area contributed by atoms with Crippen molar-refractivity contribution >= 4 is 13.7 Å². The maximum absolute atomic E-state index is 12.9. The number of amides is 1. The summed E-state index contributed by atoms with van der Waals surface area (Å²) in [5.41, 5.74) is 0. The highest BCUT2D eigenvalue weighted by Gasteiger charge is 2.27. The molecule has 0 bridgehead atoms. The first-order chi connectivity index (χ1) is 31.5. The smallest absolute Gasteiger partial charge is 0.387 e. The summed E-state index contributed by atoms with van der Waals surface area (Å²) in [5, 5.41) is 13.9. The highest BCUT2D eigenvalue weighted by Crippen LogP contribution is 2.43. The first-order valence-electron chi connectivity index (χ1n) is 28.6. The molecule has 0 spiro atoms. The third-order valence-electron chi connectivity index (χ3n) is 13.3. The largest absolute Gasteiger partial charge is 0.472 e. The van der Waals surface area contributed by atoms with Crippen molar-refractivity contribution in [1.29, 1.82) is 0 Å². The summed E-state index contributed by atoms with van der Waals surface area (Å²) in [6.45, 7) is 4.85. The van der Waals surface area contributed by atoms with Gasteiger partial charge < -0.3 is 19.8 Å². The average Bonchev–Trinajstić information content (AvgIpc) is 3.26. The quantitative estimate of drug-likeness (QED) is 0.0243. The minimum Gasteiger partial charge on any atom is -0.387 e. The average molecular weight is 943 g/mol. The molecule has 3 unspecified atom stereocenters. The fourth-order valence-corrected chi connectivity index (χ4v) is 9.49. The number of rotatable bonds is 53. The predicted molar refractivity (Wildman–Crippen MR) is 282 cm³/mol. The van der Waals surface area contributed by atoms with E-state index in [1.807, 2.05) is 27.2 Å². The normalized spacial score (nSPS) is 14.0. The van der Waals surface area contributed by atoms with Crippen molar-refractivity contribution < 1.29 is 32.9 Å². The molecule has 1 amide bonds. The van der Waals surface area contributed by atoms with Crippen LogP contribution in [-0.4, -0.2) is 73.4 Å². The van der Waals surface area contributed by atoms with Crippen molar-refractivity contribution in [2.45, 2.75) is 302 Å².